The monoisotopic (exact) mass is 177 g/mol. The first kappa shape index (κ1) is 9.88. The van der Waals surface area contributed by atoms with E-state index in [1.165, 1.54) is 0 Å². The zero-order chi connectivity index (χ0) is 9.30. The molecule has 1 fully saturated rings. The molecule has 0 aliphatic carbocycles. The van der Waals surface area contributed by atoms with Gasteiger partial charge >= 0.3 is 0 Å². The Morgan fingerprint density at radius 1 is 1.17 bits per heavy atom. The molecule has 12 heavy (non-hydrogen) atoms. The Hall–Kier alpha value is -0.200. The second-order valence-corrected chi connectivity index (χ2v) is 3.09. The van der Waals surface area contributed by atoms with E-state index < -0.39 is 30.5 Å². The maximum atomic E-state index is 9.31. The Kier molecular flexibility index (Phi) is 3.03. The Balaban J connectivity index is 2.63. The minimum absolute atomic E-state index is 0.134. The lowest BCUT2D eigenvalue weighted by atomic mass is 9.96. The molecular weight excluding hydrogens is 162 g/mol. The highest BCUT2D eigenvalue weighted by molar-refractivity contribution is 4.90. The second kappa shape index (κ2) is 3.68. The second-order valence-electron chi connectivity index (χ2n) is 3.09. The summed E-state index contributed by atoms with van der Waals surface area (Å²) in [6.07, 6.45) is -4.37. The fraction of sp³-hybridized carbons (Fsp3) is 1.00. The van der Waals surface area contributed by atoms with Gasteiger partial charge in [-0.2, -0.15) is 0 Å². The predicted molar refractivity (Wildman–Crippen MR) is 41.4 cm³/mol. The molecule has 0 amide bonds. The Morgan fingerprint density at radius 3 is 2.25 bits per heavy atom. The van der Waals surface area contributed by atoms with Crippen molar-refractivity contribution in [3.05, 3.63) is 0 Å². The van der Waals surface area contributed by atoms with Crippen molar-refractivity contribution in [3.8, 4) is 0 Å². The normalized spacial score (nSPS) is 49.2. The van der Waals surface area contributed by atoms with Crippen LogP contribution in [0.15, 0.2) is 0 Å². The molecule has 5 N–H and O–H groups in total. The molecule has 72 valence electrons. The molecule has 1 heterocycles. The van der Waals surface area contributed by atoms with Gasteiger partial charge in [0.1, 0.15) is 18.3 Å². The molecule has 1 rings (SSSR count). The molecule has 0 saturated carbocycles. The summed E-state index contributed by atoms with van der Waals surface area (Å²) < 4.78 is 5.15. The quantitative estimate of drug-likeness (QED) is 0.365. The van der Waals surface area contributed by atoms with Gasteiger partial charge < -0.3 is 25.8 Å². The standard InChI is InChI=1S/C7H15NO4/c1-3-5(9)7(11)6(10)4(2-8)12-3/h3-7,9-11H,2,8H2,1H3/t3-,4+,5-,6+,7+/m1/s1. The van der Waals surface area contributed by atoms with Crippen molar-refractivity contribution < 1.29 is 20.1 Å². The topological polar surface area (TPSA) is 95.9 Å². The fourth-order valence-electron chi connectivity index (χ4n) is 1.33. The summed E-state index contributed by atoms with van der Waals surface area (Å²) in [6.45, 7) is 1.76. The largest absolute Gasteiger partial charge is 0.388 e. The molecule has 0 unspecified atom stereocenters. The van der Waals surface area contributed by atoms with E-state index in [-0.39, 0.29) is 6.54 Å². The van der Waals surface area contributed by atoms with E-state index in [2.05, 4.69) is 0 Å². The van der Waals surface area contributed by atoms with Crippen molar-refractivity contribution in [2.75, 3.05) is 6.54 Å². The van der Waals surface area contributed by atoms with Crippen LogP contribution in [-0.2, 0) is 4.74 Å². The summed E-state index contributed by atoms with van der Waals surface area (Å²) in [5.74, 6) is 0. The first-order valence-electron chi connectivity index (χ1n) is 3.97. The molecule has 5 atom stereocenters. The van der Waals surface area contributed by atoms with Gasteiger partial charge in [0.15, 0.2) is 0 Å². The van der Waals surface area contributed by atoms with E-state index in [0.717, 1.165) is 0 Å². The molecule has 1 saturated heterocycles. The number of aliphatic hydroxyl groups is 3. The number of ether oxygens (including phenoxy) is 1. The van der Waals surface area contributed by atoms with Crippen molar-refractivity contribution in [1.82, 2.24) is 0 Å². The summed E-state index contributed by atoms with van der Waals surface area (Å²) in [5.41, 5.74) is 5.29. The summed E-state index contributed by atoms with van der Waals surface area (Å²) in [5, 5.41) is 27.8. The fourth-order valence-corrected chi connectivity index (χ4v) is 1.33. The van der Waals surface area contributed by atoms with E-state index in [4.69, 9.17) is 10.5 Å². The van der Waals surface area contributed by atoms with Crippen LogP contribution in [0.1, 0.15) is 6.92 Å². The van der Waals surface area contributed by atoms with Gasteiger partial charge in [0.25, 0.3) is 0 Å². The van der Waals surface area contributed by atoms with Crippen LogP contribution in [0.3, 0.4) is 0 Å². The molecule has 0 aromatic rings. The van der Waals surface area contributed by atoms with Crippen molar-refractivity contribution in [2.45, 2.75) is 37.4 Å². The van der Waals surface area contributed by atoms with Gasteiger partial charge in [0.05, 0.1) is 12.2 Å². The van der Waals surface area contributed by atoms with Gasteiger partial charge in [-0.1, -0.05) is 0 Å². The van der Waals surface area contributed by atoms with Crippen molar-refractivity contribution >= 4 is 0 Å². The van der Waals surface area contributed by atoms with Crippen molar-refractivity contribution in [3.63, 3.8) is 0 Å². The highest BCUT2D eigenvalue weighted by Crippen LogP contribution is 2.19. The maximum absolute atomic E-state index is 9.31. The minimum atomic E-state index is -1.16. The SMILES string of the molecule is C[C@H]1O[C@@H](CN)[C@H](O)[C@@H](O)[C@@H]1O. The Morgan fingerprint density at radius 2 is 1.75 bits per heavy atom. The molecule has 0 aromatic heterocycles. The van der Waals surface area contributed by atoms with Crippen LogP contribution >= 0.6 is 0 Å². The minimum Gasteiger partial charge on any atom is -0.388 e. The molecule has 1 aliphatic heterocycles. The van der Waals surface area contributed by atoms with Gasteiger partial charge in [0, 0.05) is 6.54 Å². The first-order valence-corrected chi connectivity index (χ1v) is 3.97. The van der Waals surface area contributed by atoms with Crippen molar-refractivity contribution in [2.24, 2.45) is 5.73 Å². The molecule has 0 aromatic carbocycles. The zero-order valence-corrected chi connectivity index (χ0v) is 6.92. The van der Waals surface area contributed by atoms with E-state index in [9.17, 15) is 15.3 Å². The van der Waals surface area contributed by atoms with Gasteiger partial charge in [-0.25, -0.2) is 0 Å². The summed E-state index contributed by atoms with van der Waals surface area (Å²) >= 11 is 0. The van der Waals surface area contributed by atoms with Crippen LogP contribution in [-0.4, -0.2) is 52.4 Å². The molecule has 5 nitrogen and oxygen atoms in total. The molecular formula is C7H15NO4. The molecule has 0 radical (unpaired) electrons. The molecule has 0 spiro atoms. The summed E-state index contributed by atoms with van der Waals surface area (Å²) in [7, 11) is 0. The van der Waals surface area contributed by atoms with E-state index >= 15 is 0 Å². The Labute approximate surface area is 70.8 Å². The lowest BCUT2D eigenvalue weighted by molar-refractivity contribution is -0.213. The molecule has 0 bridgehead atoms. The van der Waals surface area contributed by atoms with Crippen LogP contribution in [0.4, 0.5) is 0 Å². The average molecular weight is 177 g/mol. The van der Waals surface area contributed by atoms with Gasteiger partial charge in [0.2, 0.25) is 0 Å². The molecule has 5 heteroatoms. The molecule has 1 aliphatic rings. The average Bonchev–Trinajstić information content (AvgIpc) is 2.08. The number of hydrogen-bond donors (Lipinski definition) is 4. The number of hydrogen-bond acceptors (Lipinski definition) is 5. The predicted octanol–water partition coefficient (Wildman–Crippen LogP) is -2.18. The van der Waals surface area contributed by atoms with Gasteiger partial charge in [-0.3, -0.25) is 0 Å². The van der Waals surface area contributed by atoms with Crippen molar-refractivity contribution in [1.29, 1.82) is 0 Å². The number of nitrogens with two attached hydrogens (primary N) is 1. The highest BCUT2D eigenvalue weighted by Gasteiger charge is 2.40. The third-order valence-electron chi connectivity index (χ3n) is 2.18. The van der Waals surface area contributed by atoms with Gasteiger partial charge in [-0.15, -0.1) is 0 Å². The van der Waals surface area contributed by atoms with E-state index in [1.54, 1.807) is 6.92 Å². The number of aliphatic hydroxyl groups excluding tert-OH is 3. The maximum Gasteiger partial charge on any atom is 0.111 e. The third kappa shape index (κ3) is 1.60. The number of rotatable bonds is 1. The zero-order valence-electron chi connectivity index (χ0n) is 6.92. The third-order valence-corrected chi connectivity index (χ3v) is 2.18. The lowest BCUT2D eigenvalue weighted by Gasteiger charge is -2.38. The van der Waals surface area contributed by atoms with E-state index in [0.29, 0.717) is 0 Å². The summed E-state index contributed by atoms with van der Waals surface area (Å²) in [6, 6.07) is 0. The van der Waals surface area contributed by atoms with Crippen LogP contribution in [0.5, 0.6) is 0 Å². The van der Waals surface area contributed by atoms with Crippen LogP contribution < -0.4 is 5.73 Å². The summed E-state index contributed by atoms with van der Waals surface area (Å²) in [4.78, 5) is 0. The first-order chi connectivity index (χ1) is 5.57. The van der Waals surface area contributed by atoms with Crippen LogP contribution in [0.2, 0.25) is 0 Å². The highest BCUT2D eigenvalue weighted by atomic mass is 16.5. The van der Waals surface area contributed by atoms with Gasteiger partial charge in [-0.05, 0) is 6.92 Å². The Bertz CT molecular complexity index is 150. The van der Waals surface area contributed by atoms with Crippen LogP contribution in [0, 0.1) is 0 Å². The van der Waals surface area contributed by atoms with E-state index in [1.807, 2.05) is 0 Å². The smallest absolute Gasteiger partial charge is 0.111 e. The van der Waals surface area contributed by atoms with Crippen LogP contribution in [0.25, 0.3) is 0 Å². The lowest BCUT2D eigenvalue weighted by Crippen LogP contribution is -2.58.